The standard InChI is InChI=1S/C20H34O4/c1-2-3-13-16-19(24-23)17-14-11-9-7-5-4-6-8-10-12-15-18-20(21)22/h4-5,9,11,14,17,19,23H,2-3,6-8,10,12-13,15-16,18H2,1H3,(H,21,22)/b5-4-,11-9-,17-14+/t19-/m0/s1. The average molecular weight is 338 g/mol. The molecule has 0 unspecified atom stereocenters. The largest absolute Gasteiger partial charge is 0.481 e. The molecule has 0 aromatic heterocycles. The molecule has 0 saturated heterocycles. The van der Waals surface area contributed by atoms with Gasteiger partial charge in [0, 0.05) is 6.42 Å². The molecular formula is C20H34O4. The molecule has 2 N–H and O–H groups in total. The van der Waals surface area contributed by atoms with E-state index in [0.717, 1.165) is 64.2 Å². The van der Waals surface area contributed by atoms with Crippen molar-refractivity contribution >= 4 is 5.97 Å². The van der Waals surface area contributed by atoms with Crippen LogP contribution < -0.4 is 0 Å². The van der Waals surface area contributed by atoms with Gasteiger partial charge in [-0.2, -0.15) is 0 Å². The fourth-order valence-corrected chi connectivity index (χ4v) is 2.31. The Labute approximate surface area is 146 Å². The van der Waals surface area contributed by atoms with Gasteiger partial charge in [-0.3, -0.25) is 10.1 Å². The van der Waals surface area contributed by atoms with E-state index in [9.17, 15) is 4.79 Å². The highest BCUT2D eigenvalue weighted by molar-refractivity contribution is 5.66. The Hall–Kier alpha value is -1.39. The highest BCUT2D eigenvalue weighted by Crippen LogP contribution is 2.08. The Bertz CT molecular complexity index is 372. The van der Waals surface area contributed by atoms with Crippen molar-refractivity contribution in [2.24, 2.45) is 0 Å². The van der Waals surface area contributed by atoms with Gasteiger partial charge in [-0.15, -0.1) is 0 Å². The fourth-order valence-electron chi connectivity index (χ4n) is 2.31. The van der Waals surface area contributed by atoms with Crippen LogP contribution in [0.3, 0.4) is 0 Å². The van der Waals surface area contributed by atoms with Crippen LogP contribution in [0, 0.1) is 0 Å². The monoisotopic (exact) mass is 338 g/mol. The number of hydrogen-bond acceptors (Lipinski definition) is 3. The molecule has 4 nitrogen and oxygen atoms in total. The first-order valence-corrected chi connectivity index (χ1v) is 9.21. The summed E-state index contributed by atoms with van der Waals surface area (Å²) in [7, 11) is 0. The van der Waals surface area contributed by atoms with E-state index in [1.807, 2.05) is 18.2 Å². The topological polar surface area (TPSA) is 66.8 Å². The molecule has 0 aliphatic rings. The van der Waals surface area contributed by atoms with Gasteiger partial charge in [0.25, 0.3) is 0 Å². The van der Waals surface area contributed by atoms with Crippen LogP contribution in [0.1, 0.15) is 77.6 Å². The van der Waals surface area contributed by atoms with Crippen LogP contribution in [-0.2, 0) is 9.68 Å². The maximum atomic E-state index is 10.4. The molecule has 0 amide bonds. The summed E-state index contributed by atoms with van der Waals surface area (Å²) in [6.45, 7) is 2.15. The molecule has 1 atom stereocenters. The third-order valence-corrected chi connectivity index (χ3v) is 3.75. The van der Waals surface area contributed by atoms with Gasteiger partial charge in [0.05, 0.1) is 0 Å². The van der Waals surface area contributed by atoms with Crippen molar-refractivity contribution in [3.05, 3.63) is 36.5 Å². The zero-order valence-electron chi connectivity index (χ0n) is 15.0. The normalized spacial score (nSPS) is 13.4. The van der Waals surface area contributed by atoms with Gasteiger partial charge in [-0.05, 0) is 32.1 Å². The molecule has 0 spiro atoms. The van der Waals surface area contributed by atoms with E-state index in [4.69, 9.17) is 10.4 Å². The SMILES string of the molecule is CCCCC[C@@H](/C=C/C=C\C/C=C\CCCCCCC(=O)O)OO. The molecule has 0 bridgehead atoms. The summed E-state index contributed by atoms with van der Waals surface area (Å²) < 4.78 is 0. The van der Waals surface area contributed by atoms with Gasteiger partial charge in [0.2, 0.25) is 0 Å². The van der Waals surface area contributed by atoms with Crippen LogP contribution in [-0.4, -0.2) is 22.4 Å². The summed E-state index contributed by atoms with van der Waals surface area (Å²) in [4.78, 5) is 14.8. The lowest BCUT2D eigenvalue weighted by molar-refractivity contribution is -0.267. The van der Waals surface area contributed by atoms with E-state index in [1.165, 1.54) is 0 Å². The van der Waals surface area contributed by atoms with Crippen molar-refractivity contribution in [1.29, 1.82) is 0 Å². The first-order valence-electron chi connectivity index (χ1n) is 9.21. The average Bonchev–Trinajstić information content (AvgIpc) is 2.57. The summed E-state index contributed by atoms with van der Waals surface area (Å²) in [6, 6.07) is 0. The lowest BCUT2D eigenvalue weighted by atomic mass is 10.1. The van der Waals surface area contributed by atoms with Crippen LogP contribution >= 0.6 is 0 Å². The fraction of sp³-hybridized carbons (Fsp3) is 0.650. The first-order chi connectivity index (χ1) is 11.7. The molecule has 24 heavy (non-hydrogen) atoms. The third-order valence-electron chi connectivity index (χ3n) is 3.75. The van der Waals surface area contributed by atoms with Gasteiger partial charge in [0.1, 0.15) is 6.10 Å². The molecule has 4 heteroatoms. The number of aliphatic carboxylic acids is 1. The molecule has 0 aliphatic carbocycles. The van der Waals surface area contributed by atoms with E-state index >= 15 is 0 Å². The van der Waals surface area contributed by atoms with E-state index in [2.05, 4.69) is 30.0 Å². The Kier molecular flexibility index (Phi) is 16.9. The molecule has 138 valence electrons. The third kappa shape index (κ3) is 17.0. The Balaban J connectivity index is 3.58. The lowest BCUT2D eigenvalue weighted by Gasteiger charge is -2.07. The number of carboxylic acid groups (broad SMARTS) is 1. The van der Waals surface area contributed by atoms with Gasteiger partial charge < -0.3 is 5.11 Å². The van der Waals surface area contributed by atoms with Crippen molar-refractivity contribution in [2.45, 2.75) is 83.7 Å². The van der Waals surface area contributed by atoms with Crippen LogP contribution in [0.4, 0.5) is 0 Å². The number of allylic oxidation sites excluding steroid dienone is 5. The summed E-state index contributed by atoms with van der Waals surface area (Å²) in [5, 5.41) is 17.3. The van der Waals surface area contributed by atoms with E-state index < -0.39 is 5.97 Å². The van der Waals surface area contributed by atoms with Crippen LogP contribution in [0.25, 0.3) is 0 Å². The van der Waals surface area contributed by atoms with Crippen molar-refractivity contribution in [3.63, 3.8) is 0 Å². The first kappa shape index (κ1) is 22.6. The van der Waals surface area contributed by atoms with Gasteiger partial charge in [-0.25, -0.2) is 4.89 Å². The van der Waals surface area contributed by atoms with Crippen LogP contribution in [0.15, 0.2) is 36.5 Å². The van der Waals surface area contributed by atoms with Crippen molar-refractivity contribution in [3.8, 4) is 0 Å². The number of rotatable bonds is 16. The minimum absolute atomic E-state index is 0.210. The smallest absolute Gasteiger partial charge is 0.303 e. The molecule has 0 aromatic rings. The van der Waals surface area contributed by atoms with Crippen LogP contribution in [0.2, 0.25) is 0 Å². The molecule has 0 radical (unpaired) electrons. The summed E-state index contributed by atoms with van der Waals surface area (Å²) in [6.07, 6.45) is 22.4. The van der Waals surface area contributed by atoms with Gasteiger partial charge in [0.15, 0.2) is 0 Å². The maximum Gasteiger partial charge on any atom is 0.303 e. The van der Waals surface area contributed by atoms with Crippen molar-refractivity contribution in [1.82, 2.24) is 0 Å². The van der Waals surface area contributed by atoms with E-state index in [0.29, 0.717) is 0 Å². The van der Waals surface area contributed by atoms with Crippen molar-refractivity contribution < 1.29 is 20.0 Å². The van der Waals surface area contributed by atoms with Crippen LogP contribution in [0.5, 0.6) is 0 Å². The molecular weight excluding hydrogens is 304 g/mol. The summed E-state index contributed by atoms with van der Waals surface area (Å²) in [5.74, 6) is -0.700. The predicted octanol–water partition coefficient (Wildman–Crippen LogP) is 5.91. The van der Waals surface area contributed by atoms with Gasteiger partial charge in [-0.1, -0.05) is 75.5 Å². The minimum Gasteiger partial charge on any atom is -0.481 e. The van der Waals surface area contributed by atoms with E-state index in [-0.39, 0.29) is 12.5 Å². The quantitative estimate of drug-likeness (QED) is 0.121. The lowest BCUT2D eigenvalue weighted by Crippen LogP contribution is -2.06. The Morgan fingerprint density at radius 2 is 1.79 bits per heavy atom. The molecule has 0 saturated carbocycles. The summed E-state index contributed by atoms with van der Waals surface area (Å²) >= 11 is 0. The molecule has 0 aromatic carbocycles. The predicted molar refractivity (Wildman–Crippen MR) is 99.0 cm³/mol. The highest BCUT2D eigenvalue weighted by atomic mass is 17.1. The van der Waals surface area contributed by atoms with Gasteiger partial charge >= 0.3 is 5.97 Å². The summed E-state index contributed by atoms with van der Waals surface area (Å²) in [5.41, 5.74) is 0. The molecule has 0 heterocycles. The highest BCUT2D eigenvalue weighted by Gasteiger charge is 2.02. The number of hydrogen-bond donors (Lipinski definition) is 2. The number of carbonyl (C=O) groups is 1. The number of carboxylic acids is 1. The second-order valence-corrected chi connectivity index (χ2v) is 6.01. The number of unbranched alkanes of at least 4 members (excludes halogenated alkanes) is 6. The Morgan fingerprint density at radius 3 is 2.50 bits per heavy atom. The molecule has 0 rings (SSSR count). The van der Waals surface area contributed by atoms with Crippen molar-refractivity contribution in [2.75, 3.05) is 0 Å². The van der Waals surface area contributed by atoms with E-state index in [1.54, 1.807) is 0 Å². The maximum absolute atomic E-state index is 10.4. The Morgan fingerprint density at radius 1 is 1.00 bits per heavy atom. The molecule has 0 aliphatic heterocycles. The minimum atomic E-state index is -0.700. The second kappa shape index (κ2) is 18.0. The zero-order chi connectivity index (χ0) is 17.9. The molecule has 0 fully saturated rings. The second-order valence-electron chi connectivity index (χ2n) is 6.01. The zero-order valence-corrected chi connectivity index (χ0v) is 15.0.